The number of benzene rings is 3. The van der Waals surface area contributed by atoms with Gasteiger partial charge in [-0.2, -0.15) is 0 Å². The third-order valence-electron chi connectivity index (χ3n) is 7.78. The first-order chi connectivity index (χ1) is 20.9. The fourth-order valence-corrected chi connectivity index (χ4v) is 6.47. The number of fused-ring (bicyclic) bond motifs is 2. The molecule has 228 valence electrons. The van der Waals surface area contributed by atoms with E-state index in [0.29, 0.717) is 16.7 Å². The molecular formula is C34H33BrN2O7. The first kappa shape index (κ1) is 31.1. The number of carbonyl (C=O) groups is 4. The van der Waals surface area contributed by atoms with Crippen molar-refractivity contribution in [2.24, 2.45) is 10.9 Å². The van der Waals surface area contributed by atoms with E-state index in [1.54, 1.807) is 76.2 Å². The Bertz CT molecular complexity index is 1650. The molecule has 9 nitrogen and oxygen atoms in total. The molecule has 44 heavy (non-hydrogen) atoms. The van der Waals surface area contributed by atoms with E-state index in [-0.39, 0.29) is 24.4 Å². The minimum atomic E-state index is -1.95. The van der Waals surface area contributed by atoms with Gasteiger partial charge in [-0.1, -0.05) is 76.6 Å². The Hall–Kier alpha value is -4.31. The zero-order chi connectivity index (χ0) is 31.9. The number of hydrogen-bond acceptors (Lipinski definition) is 8. The van der Waals surface area contributed by atoms with Crippen molar-refractivity contribution in [2.75, 3.05) is 18.6 Å². The van der Waals surface area contributed by atoms with Crippen molar-refractivity contribution < 1.29 is 33.4 Å². The number of imide groups is 1. The van der Waals surface area contributed by atoms with Crippen molar-refractivity contribution in [2.45, 2.75) is 50.7 Å². The van der Waals surface area contributed by atoms with Crippen LogP contribution in [0.4, 0.5) is 10.5 Å². The van der Waals surface area contributed by atoms with Crippen LogP contribution in [0.5, 0.6) is 0 Å². The largest absolute Gasteiger partial charge is 0.467 e. The zero-order valence-corrected chi connectivity index (χ0v) is 26.7. The highest BCUT2D eigenvalue weighted by Gasteiger charge is 2.74. The van der Waals surface area contributed by atoms with Gasteiger partial charge >= 0.3 is 18.0 Å². The van der Waals surface area contributed by atoms with Gasteiger partial charge in [-0.25, -0.2) is 14.5 Å². The lowest BCUT2D eigenvalue weighted by Crippen LogP contribution is -2.60. The first-order valence-corrected chi connectivity index (χ1v) is 15.0. The van der Waals surface area contributed by atoms with Crippen LogP contribution in [0.3, 0.4) is 0 Å². The third-order valence-corrected chi connectivity index (χ3v) is 8.31. The highest BCUT2D eigenvalue weighted by molar-refractivity contribution is 9.10. The number of hydrogen-bond donors (Lipinski definition) is 0. The van der Waals surface area contributed by atoms with Gasteiger partial charge in [0.25, 0.3) is 5.91 Å². The van der Waals surface area contributed by atoms with Crippen LogP contribution in [0.2, 0.25) is 0 Å². The maximum absolute atomic E-state index is 15.1. The molecule has 2 aliphatic rings. The molecular weight excluding hydrogens is 628 g/mol. The molecule has 0 N–H and O–H groups in total. The summed E-state index contributed by atoms with van der Waals surface area (Å²) >= 11 is 3.46. The normalized spacial score (nSPS) is 22.4. The lowest BCUT2D eigenvalue weighted by Gasteiger charge is -2.37. The summed E-state index contributed by atoms with van der Waals surface area (Å²) in [6.45, 7) is 6.71. The number of anilines is 1. The van der Waals surface area contributed by atoms with Crippen LogP contribution in [0.25, 0.3) is 0 Å². The smallest absolute Gasteiger partial charge is 0.421 e. The SMILES string of the molecule is CCOC(=O)[C@H]1[C@]2(C(=O)N(C(=O)OC(C)(C)C)c3ccccc32)C(c2ccc(Br)cc2)=N[C@@]1(Cc1ccccc1)C(=O)OC. The Morgan fingerprint density at radius 1 is 0.955 bits per heavy atom. The predicted octanol–water partition coefficient (Wildman–Crippen LogP) is 5.81. The highest BCUT2D eigenvalue weighted by atomic mass is 79.9. The van der Waals surface area contributed by atoms with Crippen LogP contribution in [-0.4, -0.2) is 54.5 Å². The monoisotopic (exact) mass is 660 g/mol. The summed E-state index contributed by atoms with van der Waals surface area (Å²) < 4.78 is 17.4. The second-order valence-electron chi connectivity index (χ2n) is 11.7. The first-order valence-electron chi connectivity index (χ1n) is 14.2. The van der Waals surface area contributed by atoms with Crippen molar-refractivity contribution in [3.8, 4) is 0 Å². The fraction of sp³-hybridized carbons (Fsp3) is 0.324. The molecule has 5 rings (SSSR count). The van der Waals surface area contributed by atoms with Gasteiger partial charge in [0.05, 0.1) is 25.1 Å². The fourth-order valence-electron chi connectivity index (χ4n) is 6.21. The Kier molecular flexibility index (Phi) is 8.24. The van der Waals surface area contributed by atoms with E-state index in [1.165, 1.54) is 7.11 Å². The van der Waals surface area contributed by atoms with Crippen molar-refractivity contribution in [1.82, 2.24) is 0 Å². The van der Waals surface area contributed by atoms with E-state index in [9.17, 15) is 14.4 Å². The molecule has 3 atom stereocenters. The lowest BCUT2D eigenvalue weighted by molar-refractivity contribution is -0.162. The van der Waals surface area contributed by atoms with Gasteiger partial charge in [-0.15, -0.1) is 0 Å². The molecule has 0 fully saturated rings. The summed E-state index contributed by atoms with van der Waals surface area (Å²) in [6.07, 6.45) is -0.989. The van der Waals surface area contributed by atoms with Crippen LogP contribution in [0.1, 0.15) is 44.4 Å². The molecule has 2 amide bonds. The molecule has 2 aliphatic heterocycles. The zero-order valence-electron chi connectivity index (χ0n) is 25.1. The Balaban J connectivity index is 1.89. The van der Waals surface area contributed by atoms with Gasteiger partial charge in [0.2, 0.25) is 0 Å². The van der Waals surface area contributed by atoms with Gasteiger partial charge in [-0.05, 0) is 62.6 Å². The number of halogens is 1. The summed E-state index contributed by atoms with van der Waals surface area (Å²) in [4.78, 5) is 63.3. The second-order valence-corrected chi connectivity index (χ2v) is 12.6. The third kappa shape index (κ3) is 5.00. The summed E-state index contributed by atoms with van der Waals surface area (Å²) in [5.74, 6) is -3.94. The van der Waals surface area contributed by atoms with Gasteiger partial charge in [-0.3, -0.25) is 14.6 Å². The summed E-state index contributed by atoms with van der Waals surface area (Å²) in [5.41, 5.74) is -2.94. The van der Waals surface area contributed by atoms with E-state index in [2.05, 4.69) is 15.9 Å². The topological polar surface area (TPSA) is 112 Å². The average Bonchev–Trinajstić information content (AvgIpc) is 3.43. The summed E-state index contributed by atoms with van der Waals surface area (Å²) in [5, 5.41) is 0. The number of aliphatic imine (C=N–C) groups is 1. The van der Waals surface area contributed by atoms with Crippen LogP contribution in [0, 0.1) is 5.92 Å². The highest BCUT2D eigenvalue weighted by Crippen LogP contribution is 2.58. The minimum absolute atomic E-state index is 0.0206. The van der Waals surface area contributed by atoms with Gasteiger partial charge in [0, 0.05) is 10.9 Å². The number of nitrogens with zero attached hydrogens (tertiary/aromatic N) is 2. The Morgan fingerprint density at radius 3 is 2.20 bits per heavy atom. The van der Waals surface area contributed by atoms with Gasteiger partial charge in [0.1, 0.15) is 16.9 Å². The number of para-hydroxylation sites is 1. The summed E-state index contributed by atoms with van der Waals surface area (Å²) in [6, 6.07) is 22.8. The van der Waals surface area contributed by atoms with Crippen LogP contribution in [0.15, 0.2) is 88.3 Å². The molecule has 10 heteroatoms. The maximum Gasteiger partial charge on any atom is 0.421 e. The van der Waals surface area contributed by atoms with Crippen LogP contribution < -0.4 is 4.90 Å². The number of rotatable bonds is 6. The standard InChI is InChI=1S/C34H33BrN2O7/c1-6-43-28(38)26-33(30(40)42-5,20-21-12-8-7-9-13-21)36-27(22-16-18-23(35)19-17-22)34(26)24-14-10-11-15-25(24)37(29(34)39)31(41)44-32(2,3)4/h7-19,26H,6,20H2,1-5H3/t26-,33-,34+/m1/s1. The molecule has 0 bridgehead atoms. The van der Waals surface area contributed by atoms with Crippen molar-refractivity contribution in [3.63, 3.8) is 0 Å². The van der Waals surface area contributed by atoms with Crippen molar-refractivity contribution in [1.29, 1.82) is 0 Å². The van der Waals surface area contributed by atoms with E-state index in [0.717, 1.165) is 9.37 Å². The van der Waals surface area contributed by atoms with E-state index in [1.807, 2.05) is 30.3 Å². The quantitative estimate of drug-likeness (QED) is 0.242. The van der Waals surface area contributed by atoms with Crippen LogP contribution >= 0.6 is 15.9 Å². The van der Waals surface area contributed by atoms with Crippen molar-refractivity contribution in [3.05, 3.63) is 100 Å². The molecule has 3 aromatic rings. The molecule has 3 aromatic carbocycles. The second kappa shape index (κ2) is 11.6. The molecule has 0 aromatic heterocycles. The number of ether oxygens (including phenoxy) is 3. The van der Waals surface area contributed by atoms with Crippen LogP contribution in [-0.2, 0) is 40.4 Å². The predicted molar refractivity (Wildman–Crippen MR) is 168 cm³/mol. The molecule has 0 radical (unpaired) electrons. The number of esters is 2. The number of carbonyl (C=O) groups excluding carboxylic acids is 4. The van der Waals surface area contributed by atoms with Gasteiger partial charge < -0.3 is 14.2 Å². The molecule has 0 saturated carbocycles. The maximum atomic E-state index is 15.1. The molecule has 1 spiro atoms. The van der Waals surface area contributed by atoms with E-state index >= 15 is 4.79 Å². The molecule has 0 saturated heterocycles. The average molecular weight is 662 g/mol. The lowest BCUT2D eigenvalue weighted by atomic mass is 9.61. The Morgan fingerprint density at radius 2 is 1.59 bits per heavy atom. The number of methoxy groups -OCH3 is 1. The molecule has 0 aliphatic carbocycles. The molecule has 0 unspecified atom stereocenters. The van der Waals surface area contributed by atoms with Crippen molar-refractivity contribution >= 4 is 51.3 Å². The minimum Gasteiger partial charge on any atom is -0.467 e. The molecule has 2 heterocycles. The van der Waals surface area contributed by atoms with E-state index < -0.39 is 46.4 Å². The van der Waals surface area contributed by atoms with Gasteiger partial charge in [0.15, 0.2) is 5.54 Å². The number of amides is 2. The Labute approximate surface area is 264 Å². The van der Waals surface area contributed by atoms with E-state index in [4.69, 9.17) is 19.2 Å². The summed E-state index contributed by atoms with van der Waals surface area (Å²) in [7, 11) is 1.22.